The fraction of sp³-hybridized carbons (Fsp3) is 0.688. The Morgan fingerprint density at radius 2 is 1.74 bits per heavy atom. The van der Waals surface area contributed by atoms with Gasteiger partial charge in [-0.1, -0.05) is 27.2 Å². The molecule has 108 valence electrons. The van der Waals surface area contributed by atoms with Crippen LogP contribution >= 0.6 is 0 Å². The Morgan fingerprint density at radius 3 is 2.26 bits per heavy atom. The number of anilines is 1. The molecule has 0 spiro atoms. The van der Waals surface area contributed by atoms with Crippen molar-refractivity contribution < 1.29 is 0 Å². The van der Waals surface area contributed by atoms with Crippen molar-refractivity contribution >= 4 is 5.82 Å². The lowest BCUT2D eigenvalue weighted by Crippen LogP contribution is -2.26. The van der Waals surface area contributed by atoms with Crippen LogP contribution in [-0.4, -0.2) is 25.1 Å². The molecule has 0 unspecified atom stereocenters. The van der Waals surface area contributed by atoms with E-state index in [-0.39, 0.29) is 0 Å². The van der Waals surface area contributed by atoms with Gasteiger partial charge in [-0.05, 0) is 44.0 Å². The minimum absolute atomic E-state index is 0.915. The fourth-order valence-corrected chi connectivity index (χ4v) is 2.37. The lowest BCUT2D eigenvalue weighted by Gasteiger charge is -2.24. The molecule has 0 radical (unpaired) electrons. The van der Waals surface area contributed by atoms with E-state index >= 15 is 0 Å². The Labute approximate surface area is 118 Å². The second kappa shape index (κ2) is 8.92. The molecule has 1 aromatic heterocycles. The predicted octanol–water partition coefficient (Wildman–Crippen LogP) is 3.38. The van der Waals surface area contributed by atoms with Gasteiger partial charge in [-0.25, -0.2) is 4.98 Å². The van der Waals surface area contributed by atoms with Crippen LogP contribution in [0.2, 0.25) is 0 Å². The monoisotopic (exact) mass is 263 g/mol. The molecular formula is C16H29N3. The van der Waals surface area contributed by atoms with Gasteiger partial charge in [0, 0.05) is 25.3 Å². The summed E-state index contributed by atoms with van der Waals surface area (Å²) in [7, 11) is 2.00. The summed E-state index contributed by atoms with van der Waals surface area (Å²) in [6.45, 7) is 9.77. The van der Waals surface area contributed by atoms with Crippen LogP contribution in [-0.2, 0) is 13.0 Å². The van der Waals surface area contributed by atoms with Crippen molar-refractivity contribution in [1.29, 1.82) is 0 Å². The maximum atomic E-state index is 4.84. The van der Waals surface area contributed by atoms with E-state index in [1.165, 1.54) is 24.1 Å². The molecule has 0 atom stereocenters. The third kappa shape index (κ3) is 5.19. The van der Waals surface area contributed by atoms with E-state index in [0.717, 1.165) is 38.3 Å². The number of aromatic nitrogens is 1. The lowest BCUT2D eigenvalue weighted by molar-refractivity contribution is 0.725. The highest BCUT2D eigenvalue weighted by molar-refractivity contribution is 5.43. The average molecular weight is 263 g/mol. The van der Waals surface area contributed by atoms with Crippen LogP contribution in [0.1, 0.15) is 51.3 Å². The standard InChI is InChI=1S/C16H29N3/c1-5-8-15-11-14(13-17-4)12-16(18-15)19(9-6-2)10-7-3/h11-12,17H,5-10,13H2,1-4H3. The Balaban J connectivity index is 3.00. The second-order valence-corrected chi connectivity index (χ2v) is 5.09. The van der Waals surface area contributed by atoms with Crippen molar-refractivity contribution in [2.75, 3.05) is 25.0 Å². The minimum Gasteiger partial charge on any atom is -0.357 e. The van der Waals surface area contributed by atoms with Crippen molar-refractivity contribution in [2.45, 2.75) is 53.0 Å². The molecule has 1 aromatic rings. The molecule has 0 fully saturated rings. The van der Waals surface area contributed by atoms with Crippen LogP contribution in [0, 0.1) is 0 Å². The van der Waals surface area contributed by atoms with E-state index in [4.69, 9.17) is 4.98 Å². The SMILES string of the molecule is CCCc1cc(CNC)cc(N(CCC)CCC)n1. The molecule has 19 heavy (non-hydrogen) atoms. The van der Waals surface area contributed by atoms with Gasteiger partial charge in [0.1, 0.15) is 5.82 Å². The van der Waals surface area contributed by atoms with Crippen molar-refractivity contribution in [1.82, 2.24) is 10.3 Å². The molecule has 0 saturated heterocycles. The minimum atomic E-state index is 0.915. The Morgan fingerprint density at radius 1 is 1.05 bits per heavy atom. The highest BCUT2D eigenvalue weighted by Gasteiger charge is 2.09. The third-order valence-electron chi connectivity index (χ3n) is 3.12. The van der Waals surface area contributed by atoms with E-state index in [9.17, 15) is 0 Å². The highest BCUT2D eigenvalue weighted by Crippen LogP contribution is 2.17. The Bertz CT molecular complexity index is 333. The van der Waals surface area contributed by atoms with Crippen molar-refractivity contribution in [3.8, 4) is 0 Å². The molecule has 3 heteroatoms. The summed E-state index contributed by atoms with van der Waals surface area (Å²) >= 11 is 0. The van der Waals surface area contributed by atoms with Crippen LogP contribution in [0.15, 0.2) is 12.1 Å². The second-order valence-electron chi connectivity index (χ2n) is 5.09. The number of rotatable bonds is 9. The summed E-state index contributed by atoms with van der Waals surface area (Å²) < 4.78 is 0. The molecule has 1 heterocycles. The first-order valence-corrected chi connectivity index (χ1v) is 7.64. The molecule has 1 rings (SSSR count). The molecule has 0 saturated carbocycles. The molecule has 0 bridgehead atoms. The number of aryl methyl sites for hydroxylation is 1. The van der Waals surface area contributed by atoms with Gasteiger partial charge in [-0.15, -0.1) is 0 Å². The fourth-order valence-electron chi connectivity index (χ4n) is 2.37. The van der Waals surface area contributed by atoms with E-state index in [0.29, 0.717) is 0 Å². The summed E-state index contributed by atoms with van der Waals surface area (Å²) in [6, 6.07) is 4.47. The maximum Gasteiger partial charge on any atom is 0.129 e. The molecule has 3 nitrogen and oxygen atoms in total. The Hall–Kier alpha value is -1.09. The van der Waals surface area contributed by atoms with Gasteiger partial charge in [-0.2, -0.15) is 0 Å². The van der Waals surface area contributed by atoms with Gasteiger partial charge in [0.15, 0.2) is 0 Å². The number of pyridine rings is 1. The third-order valence-corrected chi connectivity index (χ3v) is 3.12. The number of nitrogens with one attached hydrogen (secondary N) is 1. The van der Waals surface area contributed by atoms with Gasteiger partial charge in [0.25, 0.3) is 0 Å². The predicted molar refractivity (Wildman–Crippen MR) is 83.8 cm³/mol. The number of nitrogens with zero attached hydrogens (tertiary/aromatic N) is 2. The first kappa shape index (κ1) is 16.0. The van der Waals surface area contributed by atoms with Crippen LogP contribution in [0.4, 0.5) is 5.82 Å². The van der Waals surface area contributed by atoms with Crippen molar-refractivity contribution in [3.63, 3.8) is 0 Å². The zero-order valence-electron chi connectivity index (χ0n) is 13.0. The van der Waals surface area contributed by atoms with Crippen molar-refractivity contribution in [2.24, 2.45) is 0 Å². The van der Waals surface area contributed by atoms with Gasteiger partial charge in [-0.3, -0.25) is 0 Å². The molecule has 1 N–H and O–H groups in total. The first-order chi connectivity index (χ1) is 9.24. The zero-order chi connectivity index (χ0) is 14.1. The van der Waals surface area contributed by atoms with Crippen LogP contribution < -0.4 is 10.2 Å². The normalized spacial score (nSPS) is 10.7. The average Bonchev–Trinajstić information content (AvgIpc) is 2.39. The van der Waals surface area contributed by atoms with Crippen LogP contribution in [0.5, 0.6) is 0 Å². The zero-order valence-corrected chi connectivity index (χ0v) is 13.0. The number of hydrogen-bond acceptors (Lipinski definition) is 3. The molecule has 0 aliphatic rings. The van der Waals surface area contributed by atoms with E-state index in [2.05, 4.69) is 43.1 Å². The topological polar surface area (TPSA) is 28.2 Å². The summed E-state index contributed by atoms with van der Waals surface area (Å²) in [4.78, 5) is 7.26. The smallest absolute Gasteiger partial charge is 0.129 e. The summed E-state index contributed by atoms with van der Waals surface area (Å²) in [6.07, 6.45) is 4.55. The summed E-state index contributed by atoms with van der Waals surface area (Å²) in [5.41, 5.74) is 2.57. The molecule has 0 aliphatic heterocycles. The molecule has 0 aromatic carbocycles. The van der Waals surface area contributed by atoms with E-state index in [1.54, 1.807) is 0 Å². The molecule has 0 aliphatic carbocycles. The molecular weight excluding hydrogens is 234 g/mol. The first-order valence-electron chi connectivity index (χ1n) is 7.64. The van der Waals surface area contributed by atoms with E-state index < -0.39 is 0 Å². The largest absolute Gasteiger partial charge is 0.357 e. The Kier molecular flexibility index (Phi) is 7.49. The van der Waals surface area contributed by atoms with Gasteiger partial charge in [0.2, 0.25) is 0 Å². The number of hydrogen-bond donors (Lipinski definition) is 1. The van der Waals surface area contributed by atoms with Crippen LogP contribution in [0.3, 0.4) is 0 Å². The van der Waals surface area contributed by atoms with Crippen LogP contribution in [0.25, 0.3) is 0 Å². The van der Waals surface area contributed by atoms with Crippen molar-refractivity contribution in [3.05, 3.63) is 23.4 Å². The van der Waals surface area contributed by atoms with E-state index in [1.807, 2.05) is 7.05 Å². The van der Waals surface area contributed by atoms with Gasteiger partial charge < -0.3 is 10.2 Å². The lowest BCUT2D eigenvalue weighted by atomic mass is 10.1. The quantitative estimate of drug-likeness (QED) is 0.740. The van der Waals surface area contributed by atoms with Gasteiger partial charge in [0.05, 0.1) is 0 Å². The summed E-state index contributed by atoms with van der Waals surface area (Å²) in [5.74, 6) is 1.15. The molecule has 0 amide bonds. The van der Waals surface area contributed by atoms with Gasteiger partial charge >= 0.3 is 0 Å². The highest BCUT2D eigenvalue weighted by atomic mass is 15.2. The maximum absolute atomic E-state index is 4.84. The summed E-state index contributed by atoms with van der Waals surface area (Å²) in [5, 5.41) is 3.24.